The van der Waals surface area contributed by atoms with E-state index < -0.39 is 0 Å². The topological polar surface area (TPSA) is 12.0 Å². The van der Waals surface area contributed by atoms with Crippen molar-refractivity contribution >= 4 is 0 Å². The van der Waals surface area contributed by atoms with Crippen LogP contribution in [-0.4, -0.2) is 6.54 Å². The molecule has 0 aromatic carbocycles. The highest BCUT2D eigenvalue weighted by molar-refractivity contribution is 5.24. The van der Waals surface area contributed by atoms with Crippen LogP contribution in [0.2, 0.25) is 0 Å². The van der Waals surface area contributed by atoms with Crippen molar-refractivity contribution in [3.05, 3.63) is 23.4 Å². The minimum absolute atomic E-state index is 1.15. The van der Waals surface area contributed by atoms with Crippen molar-refractivity contribution < 1.29 is 0 Å². The summed E-state index contributed by atoms with van der Waals surface area (Å²) in [5.74, 6) is 0. The van der Waals surface area contributed by atoms with E-state index >= 15 is 0 Å². The second-order valence-corrected chi connectivity index (χ2v) is 2.99. The van der Waals surface area contributed by atoms with Gasteiger partial charge >= 0.3 is 0 Å². The third kappa shape index (κ3) is 0.962. The smallest absolute Gasteiger partial charge is 0.0147 e. The third-order valence-electron chi connectivity index (χ3n) is 2.27. The van der Waals surface area contributed by atoms with E-state index in [0.717, 1.165) is 6.42 Å². The fourth-order valence-corrected chi connectivity index (χ4v) is 1.69. The number of hydrogen-bond donors (Lipinski definition) is 1. The molecule has 0 fully saturated rings. The summed E-state index contributed by atoms with van der Waals surface area (Å²) in [5, 5.41) is 3.45. The first kappa shape index (κ1) is 6.02. The van der Waals surface area contributed by atoms with E-state index in [1.165, 1.54) is 31.5 Å². The Hall–Kier alpha value is -0.720. The average molecular weight is 135 g/mol. The SMILES string of the molecule is C1=CCC2=C(C1)CCCN2. The minimum Gasteiger partial charge on any atom is -0.388 e. The van der Waals surface area contributed by atoms with E-state index in [2.05, 4.69) is 17.5 Å². The lowest BCUT2D eigenvalue weighted by Gasteiger charge is -2.23. The molecule has 0 radical (unpaired) electrons. The predicted octanol–water partition coefficient (Wildman–Crippen LogP) is 1.97. The molecule has 2 aliphatic rings. The molecule has 54 valence electrons. The number of nitrogens with one attached hydrogen (secondary N) is 1. The van der Waals surface area contributed by atoms with Crippen LogP contribution in [0.4, 0.5) is 0 Å². The summed E-state index contributed by atoms with van der Waals surface area (Å²) < 4.78 is 0. The van der Waals surface area contributed by atoms with Gasteiger partial charge < -0.3 is 5.32 Å². The molecule has 0 unspecified atom stereocenters. The van der Waals surface area contributed by atoms with E-state index in [4.69, 9.17) is 0 Å². The average Bonchev–Trinajstić information content (AvgIpc) is 2.05. The van der Waals surface area contributed by atoms with E-state index in [9.17, 15) is 0 Å². The van der Waals surface area contributed by atoms with Crippen LogP contribution < -0.4 is 5.32 Å². The molecule has 1 aliphatic carbocycles. The van der Waals surface area contributed by atoms with Crippen molar-refractivity contribution in [1.82, 2.24) is 5.32 Å². The lowest BCUT2D eigenvalue weighted by molar-refractivity contribution is 0.633. The van der Waals surface area contributed by atoms with Gasteiger partial charge in [0.2, 0.25) is 0 Å². The largest absolute Gasteiger partial charge is 0.388 e. The van der Waals surface area contributed by atoms with Gasteiger partial charge in [0.15, 0.2) is 0 Å². The first-order chi connectivity index (χ1) is 4.97. The van der Waals surface area contributed by atoms with Crippen molar-refractivity contribution in [2.45, 2.75) is 25.7 Å². The molecule has 1 aliphatic heterocycles. The molecule has 10 heavy (non-hydrogen) atoms. The van der Waals surface area contributed by atoms with Crippen molar-refractivity contribution in [3.8, 4) is 0 Å². The van der Waals surface area contributed by atoms with Gasteiger partial charge in [-0.15, -0.1) is 0 Å². The molecule has 0 saturated heterocycles. The Morgan fingerprint density at radius 2 is 2.10 bits per heavy atom. The maximum Gasteiger partial charge on any atom is 0.0147 e. The van der Waals surface area contributed by atoms with Crippen LogP contribution in [0.1, 0.15) is 25.7 Å². The van der Waals surface area contributed by atoms with Crippen LogP contribution in [0, 0.1) is 0 Å². The van der Waals surface area contributed by atoms with Crippen molar-refractivity contribution in [2.24, 2.45) is 0 Å². The lowest BCUT2D eigenvalue weighted by Crippen LogP contribution is -2.22. The summed E-state index contributed by atoms with van der Waals surface area (Å²) in [6, 6.07) is 0. The molecule has 1 heteroatoms. The van der Waals surface area contributed by atoms with Gasteiger partial charge in [-0.25, -0.2) is 0 Å². The highest BCUT2D eigenvalue weighted by Gasteiger charge is 2.11. The van der Waals surface area contributed by atoms with Gasteiger partial charge in [-0.2, -0.15) is 0 Å². The molecule has 0 saturated carbocycles. The first-order valence-corrected chi connectivity index (χ1v) is 4.06. The van der Waals surface area contributed by atoms with Crippen LogP contribution in [0.15, 0.2) is 23.4 Å². The highest BCUT2D eigenvalue weighted by Crippen LogP contribution is 2.24. The number of allylic oxidation sites excluding steroid dienone is 3. The molecule has 1 N–H and O–H groups in total. The second-order valence-electron chi connectivity index (χ2n) is 2.99. The Kier molecular flexibility index (Phi) is 1.50. The Morgan fingerprint density at radius 1 is 1.20 bits per heavy atom. The standard InChI is InChI=1S/C9H13N/c1-2-6-9-8(4-1)5-3-7-10-9/h1-2,10H,3-7H2. The summed E-state index contributed by atoms with van der Waals surface area (Å²) >= 11 is 0. The Morgan fingerprint density at radius 3 is 3.00 bits per heavy atom. The molecule has 0 amide bonds. The van der Waals surface area contributed by atoms with Gasteiger partial charge in [0, 0.05) is 18.7 Å². The van der Waals surface area contributed by atoms with Crippen LogP contribution in [-0.2, 0) is 0 Å². The summed E-state index contributed by atoms with van der Waals surface area (Å²) in [5.41, 5.74) is 3.16. The first-order valence-electron chi connectivity index (χ1n) is 4.06. The fraction of sp³-hybridized carbons (Fsp3) is 0.556. The molecule has 0 spiro atoms. The molecule has 0 aromatic rings. The van der Waals surface area contributed by atoms with E-state index in [1.54, 1.807) is 5.57 Å². The van der Waals surface area contributed by atoms with Gasteiger partial charge in [0.05, 0.1) is 0 Å². The van der Waals surface area contributed by atoms with Crippen LogP contribution in [0.3, 0.4) is 0 Å². The zero-order valence-electron chi connectivity index (χ0n) is 6.19. The lowest BCUT2D eigenvalue weighted by atomic mass is 9.95. The highest BCUT2D eigenvalue weighted by atomic mass is 14.9. The van der Waals surface area contributed by atoms with Crippen LogP contribution in [0.25, 0.3) is 0 Å². The molecule has 0 bridgehead atoms. The van der Waals surface area contributed by atoms with E-state index in [1.807, 2.05) is 0 Å². The van der Waals surface area contributed by atoms with E-state index in [0.29, 0.717) is 0 Å². The quantitative estimate of drug-likeness (QED) is 0.501. The number of rotatable bonds is 0. The van der Waals surface area contributed by atoms with Crippen LogP contribution >= 0.6 is 0 Å². The molecule has 0 atom stereocenters. The molecular weight excluding hydrogens is 122 g/mol. The van der Waals surface area contributed by atoms with Gasteiger partial charge in [0.25, 0.3) is 0 Å². The molecular formula is C9H13N. The summed E-state index contributed by atoms with van der Waals surface area (Å²) in [4.78, 5) is 0. The van der Waals surface area contributed by atoms with Crippen LogP contribution in [0.5, 0.6) is 0 Å². The summed E-state index contributed by atoms with van der Waals surface area (Å²) in [6.07, 6.45) is 9.54. The van der Waals surface area contributed by atoms with Gasteiger partial charge in [-0.1, -0.05) is 12.2 Å². The van der Waals surface area contributed by atoms with Crippen molar-refractivity contribution in [2.75, 3.05) is 6.54 Å². The third-order valence-corrected chi connectivity index (χ3v) is 2.27. The zero-order chi connectivity index (χ0) is 6.81. The monoisotopic (exact) mass is 135 g/mol. The van der Waals surface area contributed by atoms with Crippen molar-refractivity contribution in [1.29, 1.82) is 0 Å². The normalized spacial score (nSPS) is 24.0. The Labute approximate surface area is 61.8 Å². The molecule has 0 aromatic heterocycles. The summed E-state index contributed by atoms with van der Waals surface area (Å²) in [7, 11) is 0. The van der Waals surface area contributed by atoms with Gasteiger partial charge in [-0.05, 0) is 24.8 Å². The molecule has 2 rings (SSSR count). The maximum absolute atomic E-state index is 3.45. The van der Waals surface area contributed by atoms with E-state index in [-0.39, 0.29) is 0 Å². The van der Waals surface area contributed by atoms with Gasteiger partial charge in [-0.3, -0.25) is 0 Å². The Balaban J connectivity index is 2.17. The fourth-order valence-electron chi connectivity index (χ4n) is 1.69. The zero-order valence-corrected chi connectivity index (χ0v) is 6.19. The Bertz CT molecular complexity index is 169. The summed E-state index contributed by atoms with van der Waals surface area (Å²) in [6.45, 7) is 1.19. The second kappa shape index (κ2) is 2.49. The molecule has 1 nitrogen and oxygen atoms in total. The predicted molar refractivity (Wildman–Crippen MR) is 42.6 cm³/mol. The minimum atomic E-state index is 1.15. The number of hydrogen-bond acceptors (Lipinski definition) is 1. The maximum atomic E-state index is 3.45. The molecule has 1 heterocycles. The van der Waals surface area contributed by atoms with Gasteiger partial charge in [0.1, 0.15) is 0 Å². The van der Waals surface area contributed by atoms with Crippen molar-refractivity contribution in [3.63, 3.8) is 0 Å².